The average Bonchev–Trinajstić information content (AvgIpc) is 3.16. The van der Waals surface area contributed by atoms with Crippen molar-refractivity contribution >= 4 is 18.1 Å². The number of methoxy groups -OCH3 is 1. The number of carbonyl (C=O) groups excluding carboxylic acids is 1. The van der Waals surface area contributed by atoms with E-state index in [0.717, 1.165) is 11.1 Å². The molecule has 3 rings (SSSR count). The summed E-state index contributed by atoms with van der Waals surface area (Å²) in [6.07, 6.45) is 8.79. The van der Waals surface area contributed by atoms with E-state index in [-0.39, 0.29) is 5.76 Å². The molecule has 2 aromatic heterocycles. The van der Waals surface area contributed by atoms with Gasteiger partial charge in [0, 0.05) is 12.4 Å². The Morgan fingerprint density at radius 2 is 1.83 bits per heavy atom. The Labute approximate surface area is 139 Å². The molecule has 0 amide bonds. The monoisotopic (exact) mass is 321 g/mol. The first-order valence-corrected chi connectivity index (χ1v) is 7.28. The molecule has 0 radical (unpaired) electrons. The lowest BCUT2D eigenvalue weighted by Crippen LogP contribution is -2.08. The molecule has 0 fully saturated rings. The number of pyridine rings is 1. The fraction of sp³-hybridized carbons (Fsp3) is 0.0526. The van der Waals surface area contributed by atoms with Crippen molar-refractivity contribution in [2.75, 3.05) is 7.11 Å². The lowest BCUT2D eigenvalue weighted by molar-refractivity contribution is 0.0696. The standard InChI is InChI=1S/C19H15NO4/c1-22-18-13-15(5-4-14-8-10-20-11-9-14)6-7-16(18)24-19(21)17-3-2-12-23-17/h2-13H,1H3. The largest absolute Gasteiger partial charge is 0.493 e. The van der Waals surface area contributed by atoms with Gasteiger partial charge in [0.15, 0.2) is 11.5 Å². The van der Waals surface area contributed by atoms with E-state index in [1.807, 2.05) is 30.4 Å². The summed E-state index contributed by atoms with van der Waals surface area (Å²) in [7, 11) is 1.52. The van der Waals surface area contributed by atoms with Gasteiger partial charge in [-0.3, -0.25) is 4.98 Å². The SMILES string of the molecule is COc1cc(C=Cc2ccncc2)ccc1OC(=O)c1ccco1. The zero-order valence-corrected chi connectivity index (χ0v) is 13.0. The molecular formula is C19H15NO4. The summed E-state index contributed by atoms with van der Waals surface area (Å²) in [4.78, 5) is 15.9. The number of rotatable bonds is 5. The molecule has 3 aromatic rings. The van der Waals surface area contributed by atoms with E-state index in [2.05, 4.69) is 4.98 Å². The summed E-state index contributed by atoms with van der Waals surface area (Å²) >= 11 is 0. The third-order valence-electron chi connectivity index (χ3n) is 3.29. The Morgan fingerprint density at radius 3 is 2.54 bits per heavy atom. The van der Waals surface area contributed by atoms with Crippen molar-refractivity contribution in [1.29, 1.82) is 0 Å². The molecule has 5 heteroatoms. The Morgan fingerprint density at radius 1 is 1.04 bits per heavy atom. The predicted molar refractivity (Wildman–Crippen MR) is 89.8 cm³/mol. The number of aromatic nitrogens is 1. The first-order chi connectivity index (χ1) is 11.8. The summed E-state index contributed by atoms with van der Waals surface area (Å²) < 4.78 is 15.6. The van der Waals surface area contributed by atoms with Crippen molar-refractivity contribution in [3.05, 3.63) is 78.0 Å². The smallest absolute Gasteiger partial charge is 0.379 e. The van der Waals surface area contributed by atoms with E-state index in [4.69, 9.17) is 13.9 Å². The molecule has 0 spiro atoms. The summed E-state index contributed by atoms with van der Waals surface area (Å²) in [5.74, 6) is 0.365. The van der Waals surface area contributed by atoms with Crippen molar-refractivity contribution < 1.29 is 18.7 Å². The van der Waals surface area contributed by atoms with Gasteiger partial charge in [0.25, 0.3) is 0 Å². The fourth-order valence-electron chi connectivity index (χ4n) is 2.08. The number of hydrogen-bond donors (Lipinski definition) is 0. The third-order valence-corrected chi connectivity index (χ3v) is 3.29. The molecule has 0 aliphatic heterocycles. The highest BCUT2D eigenvalue weighted by Gasteiger charge is 2.14. The van der Waals surface area contributed by atoms with Crippen molar-refractivity contribution in [2.24, 2.45) is 0 Å². The van der Waals surface area contributed by atoms with Crippen LogP contribution in [-0.4, -0.2) is 18.1 Å². The maximum absolute atomic E-state index is 11.9. The zero-order chi connectivity index (χ0) is 16.8. The second kappa shape index (κ2) is 7.28. The molecule has 120 valence electrons. The minimum absolute atomic E-state index is 0.138. The molecule has 0 atom stereocenters. The summed E-state index contributed by atoms with van der Waals surface area (Å²) in [5.41, 5.74) is 1.96. The predicted octanol–water partition coefficient (Wildman–Crippen LogP) is 4.07. The van der Waals surface area contributed by atoms with E-state index >= 15 is 0 Å². The first kappa shape index (κ1) is 15.6. The first-order valence-electron chi connectivity index (χ1n) is 7.28. The summed E-state index contributed by atoms with van der Waals surface area (Å²) in [6, 6.07) is 12.3. The molecule has 24 heavy (non-hydrogen) atoms. The fourth-order valence-corrected chi connectivity index (χ4v) is 2.08. The number of benzene rings is 1. The number of carbonyl (C=O) groups is 1. The number of nitrogens with zero attached hydrogens (tertiary/aromatic N) is 1. The van der Waals surface area contributed by atoms with Crippen LogP contribution >= 0.6 is 0 Å². The van der Waals surface area contributed by atoms with Crippen molar-refractivity contribution in [3.8, 4) is 11.5 Å². The molecular weight excluding hydrogens is 306 g/mol. The summed E-state index contributed by atoms with van der Waals surface area (Å²) in [6.45, 7) is 0. The second-order valence-electron chi connectivity index (χ2n) is 4.89. The highest BCUT2D eigenvalue weighted by atomic mass is 16.6. The van der Waals surface area contributed by atoms with Gasteiger partial charge in [0.2, 0.25) is 5.76 Å². The van der Waals surface area contributed by atoms with Crippen LogP contribution in [-0.2, 0) is 0 Å². The van der Waals surface area contributed by atoms with Crippen LogP contribution in [0.1, 0.15) is 21.7 Å². The Kier molecular flexibility index (Phi) is 4.72. The van der Waals surface area contributed by atoms with Crippen LogP contribution in [0.4, 0.5) is 0 Å². The minimum atomic E-state index is -0.571. The minimum Gasteiger partial charge on any atom is -0.493 e. The Hall–Kier alpha value is -3.34. The quantitative estimate of drug-likeness (QED) is 0.523. The number of hydrogen-bond acceptors (Lipinski definition) is 5. The number of furan rings is 1. The maximum Gasteiger partial charge on any atom is 0.379 e. The normalized spacial score (nSPS) is 10.7. The molecule has 0 N–H and O–H groups in total. The average molecular weight is 321 g/mol. The number of ether oxygens (including phenoxy) is 2. The molecule has 0 unspecified atom stereocenters. The highest BCUT2D eigenvalue weighted by molar-refractivity contribution is 5.88. The topological polar surface area (TPSA) is 61.6 Å². The lowest BCUT2D eigenvalue weighted by Gasteiger charge is -2.09. The van der Waals surface area contributed by atoms with Crippen LogP contribution in [0.2, 0.25) is 0 Å². The Balaban J connectivity index is 1.78. The van der Waals surface area contributed by atoms with Crippen LogP contribution in [0.5, 0.6) is 11.5 Å². The highest BCUT2D eigenvalue weighted by Crippen LogP contribution is 2.29. The second-order valence-corrected chi connectivity index (χ2v) is 4.89. The molecule has 1 aromatic carbocycles. The molecule has 2 heterocycles. The molecule has 0 saturated heterocycles. The van der Waals surface area contributed by atoms with E-state index in [9.17, 15) is 4.79 Å². The van der Waals surface area contributed by atoms with Crippen LogP contribution in [0.3, 0.4) is 0 Å². The van der Waals surface area contributed by atoms with Gasteiger partial charge < -0.3 is 13.9 Å². The number of esters is 1. The molecule has 0 aliphatic carbocycles. The van der Waals surface area contributed by atoms with E-state index in [1.54, 1.807) is 36.7 Å². The van der Waals surface area contributed by atoms with Gasteiger partial charge in [-0.15, -0.1) is 0 Å². The molecule has 0 bridgehead atoms. The molecule has 5 nitrogen and oxygen atoms in total. The van der Waals surface area contributed by atoms with Crippen molar-refractivity contribution in [2.45, 2.75) is 0 Å². The van der Waals surface area contributed by atoms with Gasteiger partial charge in [-0.05, 0) is 47.5 Å². The van der Waals surface area contributed by atoms with Gasteiger partial charge in [-0.25, -0.2) is 4.79 Å². The van der Waals surface area contributed by atoms with Crippen LogP contribution in [0, 0.1) is 0 Å². The van der Waals surface area contributed by atoms with Gasteiger partial charge in [-0.2, -0.15) is 0 Å². The van der Waals surface area contributed by atoms with Gasteiger partial charge >= 0.3 is 5.97 Å². The van der Waals surface area contributed by atoms with E-state index in [1.165, 1.54) is 13.4 Å². The van der Waals surface area contributed by atoms with Crippen LogP contribution < -0.4 is 9.47 Å². The molecule has 0 saturated carbocycles. The van der Waals surface area contributed by atoms with E-state index < -0.39 is 5.97 Å². The van der Waals surface area contributed by atoms with Gasteiger partial charge in [0.1, 0.15) is 0 Å². The summed E-state index contributed by atoms with van der Waals surface area (Å²) in [5, 5.41) is 0. The van der Waals surface area contributed by atoms with Crippen LogP contribution in [0.25, 0.3) is 12.2 Å². The molecule has 0 aliphatic rings. The van der Waals surface area contributed by atoms with Crippen molar-refractivity contribution in [1.82, 2.24) is 4.98 Å². The maximum atomic E-state index is 11.9. The van der Waals surface area contributed by atoms with E-state index in [0.29, 0.717) is 11.5 Å². The third kappa shape index (κ3) is 3.70. The lowest BCUT2D eigenvalue weighted by atomic mass is 10.1. The van der Waals surface area contributed by atoms with Crippen molar-refractivity contribution in [3.63, 3.8) is 0 Å². The zero-order valence-electron chi connectivity index (χ0n) is 13.0. The van der Waals surface area contributed by atoms with Crippen LogP contribution in [0.15, 0.2) is 65.5 Å². The Bertz CT molecular complexity index is 839. The van der Waals surface area contributed by atoms with Gasteiger partial charge in [-0.1, -0.05) is 18.2 Å². The van der Waals surface area contributed by atoms with Gasteiger partial charge in [0.05, 0.1) is 13.4 Å².